The van der Waals surface area contributed by atoms with Gasteiger partial charge in [0.2, 0.25) is 0 Å². The van der Waals surface area contributed by atoms with Crippen LogP contribution in [0.15, 0.2) is 18.2 Å². The third-order valence-corrected chi connectivity index (χ3v) is 3.63. The van der Waals surface area contributed by atoms with Crippen LogP contribution >= 0.6 is 0 Å². The summed E-state index contributed by atoms with van der Waals surface area (Å²) in [6.45, 7) is 4.08. The lowest BCUT2D eigenvalue weighted by molar-refractivity contribution is -0.147. The van der Waals surface area contributed by atoms with Gasteiger partial charge in [-0.2, -0.15) is 0 Å². The van der Waals surface area contributed by atoms with Crippen molar-refractivity contribution in [3.8, 4) is 0 Å². The van der Waals surface area contributed by atoms with E-state index < -0.39 is 11.5 Å². The highest BCUT2D eigenvalue weighted by molar-refractivity contribution is 5.97. The molecule has 5 heteroatoms. The quantitative estimate of drug-likeness (QED) is 0.900. The Balaban J connectivity index is 2.27. The molecule has 0 atom stereocenters. The fourth-order valence-electron chi connectivity index (χ4n) is 1.90. The fourth-order valence-corrected chi connectivity index (χ4v) is 1.90. The van der Waals surface area contributed by atoms with Crippen molar-refractivity contribution in [3.05, 3.63) is 34.9 Å². The number of carboxylic acid groups (broad SMARTS) is 1. The Kier molecular flexibility index (Phi) is 3.32. The highest BCUT2D eigenvalue weighted by atomic mass is 16.5. The fraction of sp³-hybridized carbons (Fsp3) is 0.429. The van der Waals surface area contributed by atoms with Crippen LogP contribution in [-0.2, 0) is 22.7 Å². The van der Waals surface area contributed by atoms with Gasteiger partial charge < -0.3 is 14.7 Å². The topological polar surface area (TPSA) is 66.8 Å². The van der Waals surface area contributed by atoms with Gasteiger partial charge >= 0.3 is 5.97 Å². The summed E-state index contributed by atoms with van der Waals surface area (Å²) >= 11 is 0. The van der Waals surface area contributed by atoms with E-state index in [4.69, 9.17) is 9.84 Å². The van der Waals surface area contributed by atoms with E-state index in [0.29, 0.717) is 18.8 Å². The predicted octanol–water partition coefficient (Wildman–Crippen LogP) is 1.65. The van der Waals surface area contributed by atoms with E-state index in [9.17, 15) is 9.59 Å². The molecule has 0 aromatic heterocycles. The van der Waals surface area contributed by atoms with Crippen LogP contribution in [-0.4, -0.2) is 34.5 Å². The molecular weight excluding hydrogens is 246 g/mol. The molecule has 1 amide bonds. The maximum Gasteiger partial charge on any atom is 0.329 e. The number of carboxylic acids is 1. The summed E-state index contributed by atoms with van der Waals surface area (Å²) in [5.74, 6) is -1.34. The summed E-state index contributed by atoms with van der Waals surface area (Å²) in [5.41, 5.74) is 1.32. The van der Waals surface area contributed by atoms with Crippen LogP contribution in [0, 0.1) is 0 Å². The van der Waals surface area contributed by atoms with Gasteiger partial charge in [-0.25, -0.2) is 4.79 Å². The summed E-state index contributed by atoms with van der Waals surface area (Å²) in [6.07, 6.45) is 0. The zero-order valence-electron chi connectivity index (χ0n) is 11.3. The maximum absolute atomic E-state index is 12.3. The van der Waals surface area contributed by atoms with E-state index >= 15 is 0 Å². The Morgan fingerprint density at radius 1 is 1.26 bits per heavy atom. The van der Waals surface area contributed by atoms with Gasteiger partial charge in [-0.15, -0.1) is 0 Å². The van der Waals surface area contributed by atoms with Crippen LogP contribution in [0.3, 0.4) is 0 Å². The van der Waals surface area contributed by atoms with Gasteiger partial charge in [-0.1, -0.05) is 6.07 Å². The minimum Gasteiger partial charge on any atom is -0.480 e. The minimum atomic E-state index is -1.24. The molecule has 102 valence electrons. The Bertz CT molecular complexity index is 536. The Hall–Kier alpha value is -1.88. The zero-order valence-corrected chi connectivity index (χ0v) is 11.3. The number of carbonyl (C=O) groups is 2. The molecule has 1 aliphatic heterocycles. The molecule has 0 spiro atoms. The molecule has 1 aromatic rings. The molecule has 0 bridgehead atoms. The zero-order chi connectivity index (χ0) is 14.2. The third kappa shape index (κ3) is 2.33. The van der Waals surface area contributed by atoms with E-state index in [-0.39, 0.29) is 5.91 Å². The van der Waals surface area contributed by atoms with Crippen molar-refractivity contribution in [2.45, 2.75) is 32.6 Å². The number of fused-ring (bicyclic) bond motifs is 1. The standard InChI is InChI=1S/C14H17NO4/c1-14(2,13(17)18)15(3)12(16)9-4-5-10-7-19-8-11(10)6-9/h4-6H,7-8H2,1-3H3,(H,17,18). The number of hydrogen-bond donors (Lipinski definition) is 1. The first-order valence-electron chi connectivity index (χ1n) is 6.05. The number of carbonyl (C=O) groups excluding carboxylic acids is 1. The maximum atomic E-state index is 12.3. The molecule has 1 aliphatic rings. The second kappa shape index (κ2) is 4.66. The number of rotatable bonds is 3. The predicted molar refractivity (Wildman–Crippen MR) is 68.7 cm³/mol. The van der Waals surface area contributed by atoms with Crippen LogP contribution in [0.5, 0.6) is 0 Å². The van der Waals surface area contributed by atoms with E-state index in [1.54, 1.807) is 12.1 Å². The van der Waals surface area contributed by atoms with Crippen molar-refractivity contribution < 1.29 is 19.4 Å². The van der Waals surface area contributed by atoms with Crippen molar-refractivity contribution in [1.29, 1.82) is 0 Å². The average Bonchev–Trinajstić information content (AvgIpc) is 2.83. The first kappa shape index (κ1) is 13.5. The van der Waals surface area contributed by atoms with Crippen LogP contribution in [0.2, 0.25) is 0 Å². The van der Waals surface area contributed by atoms with Gasteiger partial charge in [-0.3, -0.25) is 4.79 Å². The smallest absolute Gasteiger partial charge is 0.329 e. The molecule has 1 N–H and O–H groups in total. The first-order valence-corrected chi connectivity index (χ1v) is 6.05. The SMILES string of the molecule is CN(C(=O)c1ccc2c(c1)COC2)C(C)(C)C(=O)O. The van der Waals surface area contributed by atoms with Crippen molar-refractivity contribution in [3.63, 3.8) is 0 Å². The second-order valence-corrected chi connectivity index (χ2v) is 5.20. The molecule has 2 rings (SSSR count). The number of benzene rings is 1. The van der Waals surface area contributed by atoms with E-state index in [1.807, 2.05) is 6.07 Å². The van der Waals surface area contributed by atoms with E-state index in [0.717, 1.165) is 11.1 Å². The van der Waals surface area contributed by atoms with Gasteiger partial charge in [0.1, 0.15) is 5.54 Å². The van der Waals surface area contributed by atoms with Crippen LogP contribution in [0.25, 0.3) is 0 Å². The molecule has 0 saturated carbocycles. The molecule has 0 fully saturated rings. The van der Waals surface area contributed by atoms with Gasteiger partial charge in [-0.05, 0) is 37.1 Å². The van der Waals surface area contributed by atoms with Crippen molar-refractivity contribution in [2.24, 2.45) is 0 Å². The van der Waals surface area contributed by atoms with Crippen molar-refractivity contribution in [1.82, 2.24) is 4.90 Å². The monoisotopic (exact) mass is 263 g/mol. The Morgan fingerprint density at radius 2 is 1.89 bits per heavy atom. The Morgan fingerprint density at radius 3 is 2.53 bits per heavy atom. The van der Waals surface area contributed by atoms with Gasteiger partial charge in [0.05, 0.1) is 13.2 Å². The summed E-state index contributed by atoms with van der Waals surface area (Å²) in [6, 6.07) is 5.35. The summed E-state index contributed by atoms with van der Waals surface area (Å²) in [7, 11) is 1.50. The lowest BCUT2D eigenvalue weighted by Crippen LogP contribution is -2.50. The molecule has 1 aromatic carbocycles. The largest absolute Gasteiger partial charge is 0.480 e. The lowest BCUT2D eigenvalue weighted by Gasteiger charge is -2.31. The average molecular weight is 263 g/mol. The second-order valence-electron chi connectivity index (χ2n) is 5.20. The van der Waals surface area contributed by atoms with E-state index in [1.165, 1.54) is 25.8 Å². The molecule has 0 radical (unpaired) electrons. The van der Waals surface area contributed by atoms with Crippen molar-refractivity contribution >= 4 is 11.9 Å². The highest BCUT2D eigenvalue weighted by Gasteiger charge is 2.35. The van der Waals surface area contributed by atoms with Crippen LogP contribution in [0.1, 0.15) is 35.3 Å². The molecule has 5 nitrogen and oxygen atoms in total. The molecule has 1 heterocycles. The first-order chi connectivity index (χ1) is 8.84. The highest BCUT2D eigenvalue weighted by Crippen LogP contribution is 2.23. The number of ether oxygens (including phenoxy) is 1. The molecule has 19 heavy (non-hydrogen) atoms. The van der Waals surface area contributed by atoms with E-state index in [2.05, 4.69) is 0 Å². The van der Waals surface area contributed by atoms with Crippen LogP contribution in [0.4, 0.5) is 0 Å². The lowest BCUT2D eigenvalue weighted by atomic mass is 10.0. The summed E-state index contributed by atoms with van der Waals surface area (Å²) < 4.78 is 5.30. The number of aliphatic carboxylic acids is 1. The number of hydrogen-bond acceptors (Lipinski definition) is 3. The molecule has 0 saturated heterocycles. The third-order valence-electron chi connectivity index (χ3n) is 3.63. The Labute approximate surface area is 111 Å². The minimum absolute atomic E-state index is 0.304. The number of likely N-dealkylation sites (N-methyl/N-ethyl adjacent to an activating group) is 1. The van der Waals surface area contributed by atoms with Crippen molar-refractivity contribution in [2.75, 3.05) is 7.05 Å². The molecule has 0 unspecified atom stereocenters. The summed E-state index contributed by atoms with van der Waals surface area (Å²) in [4.78, 5) is 24.7. The van der Waals surface area contributed by atoms with Crippen LogP contribution < -0.4 is 0 Å². The number of amides is 1. The molecular formula is C14H17NO4. The van der Waals surface area contributed by atoms with Gasteiger partial charge in [0.15, 0.2) is 0 Å². The van der Waals surface area contributed by atoms with Gasteiger partial charge in [0.25, 0.3) is 5.91 Å². The summed E-state index contributed by atoms with van der Waals surface area (Å²) in [5, 5.41) is 9.15. The molecule has 0 aliphatic carbocycles. The van der Waals surface area contributed by atoms with Gasteiger partial charge in [0, 0.05) is 12.6 Å². The number of nitrogens with zero attached hydrogens (tertiary/aromatic N) is 1. The normalized spacial score (nSPS) is 14.1.